The summed E-state index contributed by atoms with van der Waals surface area (Å²) in [6, 6.07) is 1.39. The van der Waals surface area contributed by atoms with Crippen LogP contribution in [0.25, 0.3) is 0 Å². The Morgan fingerprint density at radius 3 is 3.30 bits per heavy atom. The molecule has 3 heterocycles. The highest BCUT2D eigenvalue weighted by Crippen LogP contribution is 2.32. The summed E-state index contributed by atoms with van der Waals surface area (Å²) in [5.74, 6) is 2.14. The first kappa shape index (κ1) is 13.4. The van der Waals surface area contributed by atoms with Crippen LogP contribution in [0.5, 0.6) is 0 Å². The summed E-state index contributed by atoms with van der Waals surface area (Å²) in [5.41, 5.74) is 0. The van der Waals surface area contributed by atoms with E-state index >= 15 is 0 Å². The third-order valence-corrected chi connectivity index (χ3v) is 6.42. The molecule has 4 aliphatic rings. The van der Waals surface area contributed by atoms with Crippen LogP contribution in [-0.2, 0) is 4.74 Å². The minimum absolute atomic E-state index is 0.306. The number of nitrogens with one attached hydrogen (secondary N) is 1. The Labute approximate surface area is 125 Å². The number of ether oxygens (including phenoxy) is 1. The van der Waals surface area contributed by atoms with Gasteiger partial charge < -0.3 is 10.1 Å². The van der Waals surface area contributed by atoms with E-state index in [2.05, 4.69) is 10.2 Å². The van der Waals surface area contributed by atoms with E-state index in [1.54, 1.807) is 0 Å². The van der Waals surface area contributed by atoms with Crippen molar-refractivity contribution in [1.29, 1.82) is 0 Å². The number of fused-ring (bicyclic) bond motifs is 2. The van der Waals surface area contributed by atoms with Gasteiger partial charge >= 0.3 is 0 Å². The van der Waals surface area contributed by atoms with Gasteiger partial charge in [-0.3, -0.25) is 9.89 Å². The third-order valence-electron chi connectivity index (χ3n) is 5.30. The summed E-state index contributed by atoms with van der Waals surface area (Å²) in [7, 11) is 0. The molecule has 0 amide bonds. The highest BCUT2D eigenvalue weighted by atomic mass is 32.2. The summed E-state index contributed by atoms with van der Waals surface area (Å²) in [6.07, 6.45) is 7.09. The fourth-order valence-corrected chi connectivity index (χ4v) is 5.26. The Bertz CT molecular complexity index is 389. The lowest BCUT2D eigenvalue weighted by Crippen LogP contribution is -2.47. The van der Waals surface area contributed by atoms with Gasteiger partial charge in [0, 0.05) is 24.4 Å². The van der Waals surface area contributed by atoms with Gasteiger partial charge in [-0.15, -0.1) is 0 Å². The number of nitrogens with zero attached hydrogens (tertiary/aromatic N) is 2. The highest BCUT2D eigenvalue weighted by molar-refractivity contribution is 8.13. The molecule has 4 atom stereocenters. The lowest BCUT2D eigenvalue weighted by Gasteiger charge is -2.35. The van der Waals surface area contributed by atoms with Crippen LogP contribution >= 0.6 is 11.8 Å². The van der Waals surface area contributed by atoms with Gasteiger partial charge in [0.05, 0.1) is 19.3 Å². The minimum atomic E-state index is 0.306. The van der Waals surface area contributed by atoms with Crippen molar-refractivity contribution < 1.29 is 4.74 Å². The lowest BCUT2D eigenvalue weighted by atomic mass is 10.1. The van der Waals surface area contributed by atoms with Crippen LogP contribution in [0.2, 0.25) is 0 Å². The molecule has 4 fully saturated rings. The molecule has 20 heavy (non-hydrogen) atoms. The van der Waals surface area contributed by atoms with Crippen molar-refractivity contribution in [2.75, 3.05) is 32.0 Å². The van der Waals surface area contributed by atoms with E-state index in [0.29, 0.717) is 18.2 Å². The molecule has 4 rings (SSSR count). The Balaban J connectivity index is 1.30. The van der Waals surface area contributed by atoms with Crippen LogP contribution in [-0.4, -0.2) is 60.2 Å². The van der Waals surface area contributed by atoms with Gasteiger partial charge in [-0.1, -0.05) is 18.2 Å². The van der Waals surface area contributed by atoms with Gasteiger partial charge in [0.25, 0.3) is 0 Å². The summed E-state index contributed by atoms with van der Waals surface area (Å²) < 4.78 is 5.98. The van der Waals surface area contributed by atoms with E-state index in [-0.39, 0.29) is 0 Å². The molecule has 0 aromatic heterocycles. The maximum atomic E-state index is 5.98. The topological polar surface area (TPSA) is 36.9 Å². The number of rotatable bonds is 2. The van der Waals surface area contributed by atoms with Gasteiger partial charge in [-0.25, -0.2) is 0 Å². The molecule has 0 radical (unpaired) electrons. The molecule has 4 unspecified atom stereocenters. The molecule has 0 spiro atoms. The second-order valence-corrected chi connectivity index (χ2v) is 7.65. The molecule has 0 bridgehead atoms. The average Bonchev–Trinajstić information content (AvgIpc) is 3.12. The number of aliphatic imine (C=N–C) groups is 1. The first-order chi connectivity index (χ1) is 9.88. The number of amidine groups is 1. The molecule has 3 aliphatic heterocycles. The standard InChI is InChI=1S/C15H25N3OS/c1-3-11-10-20-15(17-14(11)5-1)16-7-13-8-18-6-2-4-12(18)9-19-13/h11-14H,1-10H2,(H,16,17). The fourth-order valence-electron chi connectivity index (χ4n) is 4.08. The Kier molecular flexibility index (Phi) is 3.92. The van der Waals surface area contributed by atoms with Crippen LogP contribution in [0.15, 0.2) is 4.99 Å². The zero-order valence-corrected chi connectivity index (χ0v) is 12.9. The van der Waals surface area contributed by atoms with Crippen LogP contribution in [0.4, 0.5) is 0 Å². The number of morpholine rings is 1. The van der Waals surface area contributed by atoms with Gasteiger partial charge in [-0.2, -0.15) is 0 Å². The Morgan fingerprint density at radius 1 is 1.30 bits per heavy atom. The largest absolute Gasteiger partial charge is 0.373 e. The van der Waals surface area contributed by atoms with Gasteiger partial charge in [0.1, 0.15) is 0 Å². The predicted molar refractivity (Wildman–Crippen MR) is 83.4 cm³/mol. The van der Waals surface area contributed by atoms with Crippen molar-refractivity contribution in [3.63, 3.8) is 0 Å². The summed E-state index contributed by atoms with van der Waals surface area (Å²) in [4.78, 5) is 7.40. The molecule has 0 aromatic carbocycles. The summed E-state index contributed by atoms with van der Waals surface area (Å²) >= 11 is 1.92. The number of thioether (sulfide) groups is 1. The lowest BCUT2D eigenvalue weighted by molar-refractivity contribution is -0.0431. The molecule has 1 saturated carbocycles. The van der Waals surface area contributed by atoms with E-state index in [9.17, 15) is 0 Å². The molecule has 112 valence electrons. The van der Waals surface area contributed by atoms with Crippen LogP contribution in [0, 0.1) is 5.92 Å². The molecule has 3 saturated heterocycles. The monoisotopic (exact) mass is 295 g/mol. The Morgan fingerprint density at radius 2 is 2.30 bits per heavy atom. The average molecular weight is 295 g/mol. The first-order valence-corrected chi connectivity index (χ1v) is 9.16. The van der Waals surface area contributed by atoms with E-state index in [1.165, 1.54) is 49.6 Å². The van der Waals surface area contributed by atoms with Crippen molar-refractivity contribution in [2.24, 2.45) is 10.9 Å². The van der Waals surface area contributed by atoms with E-state index in [1.807, 2.05) is 11.8 Å². The van der Waals surface area contributed by atoms with E-state index in [4.69, 9.17) is 9.73 Å². The number of hydrogen-bond acceptors (Lipinski definition) is 4. The van der Waals surface area contributed by atoms with Crippen LogP contribution in [0.1, 0.15) is 32.1 Å². The molecule has 4 nitrogen and oxygen atoms in total. The Hall–Kier alpha value is -0.260. The van der Waals surface area contributed by atoms with Crippen molar-refractivity contribution in [2.45, 2.75) is 50.3 Å². The van der Waals surface area contributed by atoms with Crippen molar-refractivity contribution in [3.05, 3.63) is 0 Å². The molecule has 5 heteroatoms. The maximum Gasteiger partial charge on any atom is 0.156 e. The van der Waals surface area contributed by atoms with Crippen molar-refractivity contribution in [1.82, 2.24) is 10.2 Å². The predicted octanol–water partition coefficient (Wildman–Crippen LogP) is 1.71. The first-order valence-electron chi connectivity index (χ1n) is 8.18. The van der Waals surface area contributed by atoms with Crippen LogP contribution in [0.3, 0.4) is 0 Å². The second kappa shape index (κ2) is 5.85. The molecular formula is C15H25N3OS. The third kappa shape index (κ3) is 2.72. The van der Waals surface area contributed by atoms with E-state index in [0.717, 1.165) is 25.6 Å². The smallest absolute Gasteiger partial charge is 0.156 e. The second-order valence-electron chi connectivity index (χ2n) is 6.64. The molecule has 0 aromatic rings. The summed E-state index contributed by atoms with van der Waals surface area (Å²) in [6.45, 7) is 4.09. The van der Waals surface area contributed by atoms with Crippen molar-refractivity contribution >= 4 is 16.9 Å². The quantitative estimate of drug-likeness (QED) is 0.841. The number of hydrogen-bond donors (Lipinski definition) is 1. The zero-order valence-electron chi connectivity index (χ0n) is 12.1. The van der Waals surface area contributed by atoms with Gasteiger partial charge in [0.15, 0.2) is 5.17 Å². The van der Waals surface area contributed by atoms with Crippen molar-refractivity contribution in [3.8, 4) is 0 Å². The van der Waals surface area contributed by atoms with Crippen LogP contribution < -0.4 is 5.32 Å². The SMILES string of the molecule is C1CC2CSC(=NCC3CN4CCCC4CO3)NC2C1. The fraction of sp³-hybridized carbons (Fsp3) is 0.933. The zero-order chi connectivity index (χ0) is 13.4. The normalized spacial score (nSPS) is 43.3. The van der Waals surface area contributed by atoms with E-state index < -0.39 is 0 Å². The maximum absolute atomic E-state index is 5.98. The molecule has 1 N–H and O–H groups in total. The summed E-state index contributed by atoms with van der Waals surface area (Å²) in [5, 5.41) is 4.81. The highest BCUT2D eigenvalue weighted by Gasteiger charge is 2.33. The van der Waals surface area contributed by atoms with Gasteiger partial charge in [0.2, 0.25) is 0 Å². The van der Waals surface area contributed by atoms with Gasteiger partial charge in [-0.05, 0) is 38.1 Å². The minimum Gasteiger partial charge on any atom is -0.373 e. The molecule has 1 aliphatic carbocycles. The molecular weight excluding hydrogens is 270 g/mol.